The Labute approximate surface area is 92.7 Å². The van der Waals surface area contributed by atoms with Gasteiger partial charge >= 0.3 is 0 Å². The maximum Gasteiger partial charge on any atom is 0.244 e. The van der Waals surface area contributed by atoms with Crippen LogP contribution in [0.1, 0.15) is 24.8 Å². The monoisotopic (exact) mass is 216 g/mol. The van der Waals surface area contributed by atoms with E-state index in [4.69, 9.17) is 10.3 Å². The molecule has 0 spiro atoms. The smallest absolute Gasteiger partial charge is 0.244 e. The fraction of sp³-hybridized carbons (Fsp3) is 0.364. The van der Waals surface area contributed by atoms with Crippen LogP contribution in [0.25, 0.3) is 11.4 Å². The first kappa shape index (κ1) is 9.47. The Bertz CT molecular complexity index is 478. The summed E-state index contributed by atoms with van der Waals surface area (Å²) in [5.74, 6) is 1.60. The quantitative estimate of drug-likeness (QED) is 0.842. The van der Waals surface area contributed by atoms with Crippen molar-refractivity contribution in [3.63, 3.8) is 0 Å². The molecule has 2 aromatic heterocycles. The van der Waals surface area contributed by atoms with Gasteiger partial charge in [0.05, 0.1) is 6.04 Å². The van der Waals surface area contributed by atoms with Crippen molar-refractivity contribution < 1.29 is 4.52 Å². The lowest BCUT2D eigenvalue weighted by Crippen LogP contribution is -2.12. The summed E-state index contributed by atoms with van der Waals surface area (Å²) in [5.41, 5.74) is 6.83. The molecule has 0 radical (unpaired) electrons. The van der Waals surface area contributed by atoms with Crippen LogP contribution in [0, 0.1) is 5.92 Å². The number of hydrogen-bond donors (Lipinski definition) is 1. The molecule has 16 heavy (non-hydrogen) atoms. The molecule has 2 aromatic rings. The molecule has 1 unspecified atom stereocenters. The molecule has 1 aliphatic carbocycles. The Morgan fingerprint density at radius 3 is 3.00 bits per heavy atom. The van der Waals surface area contributed by atoms with Crippen LogP contribution in [0.3, 0.4) is 0 Å². The van der Waals surface area contributed by atoms with E-state index in [0.29, 0.717) is 17.6 Å². The number of rotatable bonds is 3. The van der Waals surface area contributed by atoms with Crippen molar-refractivity contribution in [3.05, 3.63) is 30.4 Å². The molecule has 1 saturated carbocycles. The number of nitrogens with two attached hydrogens (primary N) is 1. The third-order valence-electron chi connectivity index (χ3n) is 2.78. The van der Waals surface area contributed by atoms with Gasteiger partial charge in [-0.25, -0.2) is 0 Å². The summed E-state index contributed by atoms with van der Waals surface area (Å²) in [6.07, 6.45) is 5.73. The fourth-order valence-electron chi connectivity index (χ4n) is 1.64. The van der Waals surface area contributed by atoms with Crippen molar-refractivity contribution in [1.82, 2.24) is 15.1 Å². The van der Waals surface area contributed by atoms with E-state index in [9.17, 15) is 0 Å². The summed E-state index contributed by atoms with van der Waals surface area (Å²) >= 11 is 0. The van der Waals surface area contributed by atoms with Gasteiger partial charge in [-0.15, -0.1) is 0 Å². The molecule has 0 aromatic carbocycles. The summed E-state index contributed by atoms with van der Waals surface area (Å²) in [6, 6.07) is 3.62. The highest BCUT2D eigenvalue weighted by atomic mass is 16.5. The van der Waals surface area contributed by atoms with Gasteiger partial charge in [-0.1, -0.05) is 5.16 Å². The summed E-state index contributed by atoms with van der Waals surface area (Å²) in [7, 11) is 0. The Morgan fingerprint density at radius 2 is 2.31 bits per heavy atom. The zero-order chi connectivity index (χ0) is 11.0. The Kier molecular flexibility index (Phi) is 2.18. The number of aromatic nitrogens is 3. The van der Waals surface area contributed by atoms with Crippen LogP contribution in [0.4, 0.5) is 0 Å². The molecule has 2 N–H and O–H groups in total. The van der Waals surface area contributed by atoms with Crippen molar-refractivity contribution in [2.24, 2.45) is 11.7 Å². The number of pyridine rings is 1. The lowest BCUT2D eigenvalue weighted by molar-refractivity contribution is 0.343. The predicted octanol–water partition coefficient (Wildman–Crippen LogP) is 1.54. The first-order chi connectivity index (χ1) is 7.84. The molecule has 5 heteroatoms. The first-order valence-electron chi connectivity index (χ1n) is 5.34. The minimum atomic E-state index is -0.113. The summed E-state index contributed by atoms with van der Waals surface area (Å²) in [4.78, 5) is 8.31. The number of nitrogens with zero attached hydrogens (tertiary/aromatic N) is 3. The summed E-state index contributed by atoms with van der Waals surface area (Å²) < 4.78 is 5.17. The van der Waals surface area contributed by atoms with E-state index >= 15 is 0 Å². The molecule has 0 aliphatic heterocycles. The van der Waals surface area contributed by atoms with Crippen molar-refractivity contribution in [3.8, 4) is 11.4 Å². The maximum absolute atomic E-state index is 5.98. The van der Waals surface area contributed by atoms with Gasteiger partial charge in [-0.2, -0.15) is 4.98 Å². The van der Waals surface area contributed by atoms with Crippen molar-refractivity contribution >= 4 is 0 Å². The van der Waals surface area contributed by atoms with Crippen molar-refractivity contribution in [1.29, 1.82) is 0 Å². The van der Waals surface area contributed by atoms with Crippen molar-refractivity contribution in [2.45, 2.75) is 18.9 Å². The largest absolute Gasteiger partial charge is 0.337 e. The highest BCUT2D eigenvalue weighted by molar-refractivity contribution is 5.51. The lowest BCUT2D eigenvalue weighted by Gasteiger charge is -2.01. The Hall–Kier alpha value is -1.75. The molecule has 0 bridgehead atoms. The molecule has 1 atom stereocenters. The second-order valence-corrected chi connectivity index (χ2v) is 4.06. The van der Waals surface area contributed by atoms with Crippen LogP contribution < -0.4 is 5.73 Å². The molecule has 1 aliphatic rings. The van der Waals surface area contributed by atoms with Gasteiger partial charge in [-0.3, -0.25) is 4.98 Å². The van der Waals surface area contributed by atoms with Gasteiger partial charge in [0.2, 0.25) is 11.7 Å². The normalized spacial score (nSPS) is 17.3. The maximum atomic E-state index is 5.98. The summed E-state index contributed by atoms with van der Waals surface area (Å²) in [5, 5.41) is 3.91. The molecule has 5 nitrogen and oxygen atoms in total. The zero-order valence-corrected chi connectivity index (χ0v) is 8.71. The molecule has 1 fully saturated rings. The van der Waals surface area contributed by atoms with Crippen LogP contribution in [0.5, 0.6) is 0 Å². The van der Waals surface area contributed by atoms with Crippen molar-refractivity contribution in [2.75, 3.05) is 0 Å². The van der Waals surface area contributed by atoms with E-state index in [1.807, 2.05) is 12.1 Å². The lowest BCUT2D eigenvalue weighted by atomic mass is 10.2. The Balaban J connectivity index is 1.87. The molecule has 0 amide bonds. The van der Waals surface area contributed by atoms with Crippen LogP contribution in [0.15, 0.2) is 29.0 Å². The topological polar surface area (TPSA) is 77.8 Å². The predicted molar refractivity (Wildman–Crippen MR) is 57.2 cm³/mol. The first-order valence-corrected chi connectivity index (χ1v) is 5.34. The average Bonchev–Trinajstić information content (AvgIpc) is 3.07. The standard InChI is InChI=1S/C11H12N4O/c12-9(7-3-4-7)11-14-10(15-16-11)8-2-1-5-13-6-8/h1-2,5-7,9H,3-4,12H2. The molecular weight excluding hydrogens is 204 g/mol. The van der Waals surface area contributed by atoms with E-state index < -0.39 is 0 Å². The number of hydrogen-bond acceptors (Lipinski definition) is 5. The van der Waals surface area contributed by atoms with Gasteiger partial charge < -0.3 is 10.3 Å². The van der Waals surface area contributed by atoms with E-state index in [-0.39, 0.29) is 6.04 Å². The highest BCUT2D eigenvalue weighted by Gasteiger charge is 2.33. The van der Waals surface area contributed by atoms with E-state index in [2.05, 4.69) is 15.1 Å². The zero-order valence-electron chi connectivity index (χ0n) is 8.71. The third kappa shape index (κ3) is 1.69. The van der Waals surface area contributed by atoms with Crippen LogP contribution >= 0.6 is 0 Å². The van der Waals surface area contributed by atoms with Crippen LogP contribution in [0.2, 0.25) is 0 Å². The van der Waals surface area contributed by atoms with E-state index in [0.717, 1.165) is 18.4 Å². The van der Waals surface area contributed by atoms with Gasteiger partial charge in [0, 0.05) is 18.0 Å². The van der Waals surface area contributed by atoms with Gasteiger partial charge in [0.15, 0.2) is 0 Å². The minimum absolute atomic E-state index is 0.113. The molecule has 2 heterocycles. The second kappa shape index (κ2) is 3.68. The fourth-order valence-corrected chi connectivity index (χ4v) is 1.64. The molecular formula is C11H12N4O. The molecule has 3 rings (SSSR count). The van der Waals surface area contributed by atoms with Gasteiger partial charge in [0.1, 0.15) is 0 Å². The average molecular weight is 216 g/mol. The second-order valence-electron chi connectivity index (χ2n) is 4.06. The van der Waals surface area contributed by atoms with E-state index in [1.54, 1.807) is 12.4 Å². The highest BCUT2D eigenvalue weighted by Crippen LogP contribution is 2.39. The molecule has 0 saturated heterocycles. The third-order valence-corrected chi connectivity index (χ3v) is 2.78. The van der Waals surface area contributed by atoms with Crippen LogP contribution in [-0.4, -0.2) is 15.1 Å². The SMILES string of the molecule is NC(c1nc(-c2cccnc2)no1)C1CC1. The Morgan fingerprint density at radius 1 is 1.44 bits per heavy atom. The van der Waals surface area contributed by atoms with E-state index in [1.165, 1.54) is 0 Å². The van der Waals surface area contributed by atoms with Crippen LogP contribution in [-0.2, 0) is 0 Å². The summed E-state index contributed by atoms with van der Waals surface area (Å²) in [6.45, 7) is 0. The molecule has 82 valence electrons. The van der Waals surface area contributed by atoms with Gasteiger partial charge in [0.25, 0.3) is 0 Å². The minimum Gasteiger partial charge on any atom is -0.337 e. The van der Waals surface area contributed by atoms with Gasteiger partial charge in [-0.05, 0) is 30.9 Å².